The van der Waals surface area contributed by atoms with Gasteiger partial charge in [0.25, 0.3) is 0 Å². The van der Waals surface area contributed by atoms with Gasteiger partial charge in [0.05, 0.1) is 34.5 Å². The number of halogens is 1. The Morgan fingerprint density at radius 2 is 2.26 bits per heavy atom. The Bertz CT molecular complexity index is 983. The number of thiazole rings is 2. The van der Waals surface area contributed by atoms with Crippen LogP contribution in [0.2, 0.25) is 0 Å². The van der Waals surface area contributed by atoms with Crippen molar-refractivity contribution in [1.82, 2.24) is 15.0 Å². The van der Waals surface area contributed by atoms with Crippen molar-refractivity contribution in [1.29, 1.82) is 0 Å². The lowest BCUT2D eigenvalue weighted by atomic mass is 9.99. The van der Waals surface area contributed by atoms with Crippen molar-refractivity contribution in [2.24, 2.45) is 5.92 Å². The summed E-state index contributed by atoms with van der Waals surface area (Å²) in [5.74, 6) is -0.0974. The predicted molar refractivity (Wildman–Crippen MR) is 110 cm³/mol. The molecule has 4 rings (SSSR count). The van der Waals surface area contributed by atoms with Gasteiger partial charge in [0, 0.05) is 24.7 Å². The predicted octanol–water partition coefficient (Wildman–Crippen LogP) is 3.30. The van der Waals surface area contributed by atoms with Gasteiger partial charge in [-0.1, -0.05) is 0 Å². The van der Waals surface area contributed by atoms with Crippen LogP contribution in [0.15, 0.2) is 28.3 Å². The smallest absolute Gasteiger partial charge is 0.232 e. The van der Waals surface area contributed by atoms with E-state index in [-0.39, 0.29) is 18.4 Å². The number of carbonyl (C=O) groups excluding carboxylic acids is 1. The molecule has 1 fully saturated rings. The van der Waals surface area contributed by atoms with Crippen LogP contribution in [0.1, 0.15) is 10.7 Å². The van der Waals surface area contributed by atoms with Gasteiger partial charge in [0.15, 0.2) is 5.13 Å². The summed E-state index contributed by atoms with van der Waals surface area (Å²) in [5, 5.41) is 15.3. The fourth-order valence-electron chi connectivity index (χ4n) is 2.86. The van der Waals surface area contributed by atoms with E-state index < -0.39 is 0 Å². The van der Waals surface area contributed by atoms with Crippen LogP contribution in [0.25, 0.3) is 10.6 Å². The summed E-state index contributed by atoms with van der Waals surface area (Å²) in [7, 11) is 0. The molecule has 3 aromatic rings. The van der Waals surface area contributed by atoms with Crippen molar-refractivity contribution >= 4 is 55.3 Å². The van der Waals surface area contributed by atoms with Gasteiger partial charge in [-0.15, -0.1) is 22.7 Å². The van der Waals surface area contributed by atoms with E-state index in [4.69, 9.17) is 0 Å². The summed E-state index contributed by atoms with van der Waals surface area (Å²) < 4.78 is 0.788. The molecule has 3 aromatic heterocycles. The summed E-state index contributed by atoms with van der Waals surface area (Å²) in [4.78, 5) is 28.5. The zero-order valence-corrected chi connectivity index (χ0v) is 17.6. The molecule has 2 N–H and O–H groups in total. The molecule has 7 nitrogen and oxygen atoms in total. The molecule has 4 heterocycles. The first kappa shape index (κ1) is 18.5. The van der Waals surface area contributed by atoms with Gasteiger partial charge in [0.1, 0.15) is 9.61 Å². The standard InChI is InChI=1S/C17H16BrN5O2S2/c1-9-14(27-13(7-24)20-9)11-8-26-17(21-11)22-16(25)10-5-23(6-10)12-3-2-4-19-15(12)18/h2-4,8,10,24H,5-7H2,1H3,(H,21,22,25). The highest BCUT2D eigenvalue weighted by Gasteiger charge is 2.34. The van der Waals surface area contributed by atoms with Crippen molar-refractivity contribution in [3.8, 4) is 10.6 Å². The maximum Gasteiger partial charge on any atom is 0.232 e. The largest absolute Gasteiger partial charge is 0.389 e. The Kier molecular flexibility index (Phi) is 5.22. The van der Waals surface area contributed by atoms with E-state index in [0.717, 1.165) is 26.6 Å². The summed E-state index contributed by atoms with van der Waals surface area (Å²) in [6.45, 7) is 3.12. The minimum absolute atomic E-state index is 0.0239. The quantitative estimate of drug-likeness (QED) is 0.561. The van der Waals surface area contributed by atoms with Gasteiger partial charge >= 0.3 is 0 Å². The first-order valence-electron chi connectivity index (χ1n) is 8.24. The second kappa shape index (κ2) is 7.63. The molecule has 27 heavy (non-hydrogen) atoms. The van der Waals surface area contributed by atoms with Crippen LogP contribution >= 0.6 is 38.6 Å². The molecule has 0 aromatic carbocycles. The van der Waals surface area contributed by atoms with Crippen LogP contribution in [0.3, 0.4) is 0 Å². The number of nitrogens with zero attached hydrogens (tertiary/aromatic N) is 4. The fourth-order valence-corrected chi connectivity index (χ4v) is 5.02. The van der Waals surface area contributed by atoms with Gasteiger partial charge < -0.3 is 15.3 Å². The van der Waals surface area contributed by atoms with Gasteiger partial charge in [-0.2, -0.15) is 0 Å². The maximum atomic E-state index is 12.5. The maximum absolute atomic E-state index is 12.5. The average Bonchev–Trinajstić information content (AvgIpc) is 3.21. The molecule has 0 unspecified atom stereocenters. The highest BCUT2D eigenvalue weighted by Crippen LogP contribution is 2.33. The van der Waals surface area contributed by atoms with Crippen LogP contribution in [0, 0.1) is 12.8 Å². The third-order valence-corrected chi connectivity index (χ3v) is 6.81. The molecule has 10 heteroatoms. The Morgan fingerprint density at radius 3 is 2.96 bits per heavy atom. The first-order valence-corrected chi connectivity index (χ1v) is 10.7. The molecule has 0 radical (unpaired) electrons. The summed E-state index contributed by atoms with van der Waals surface area (Å²) >= 11 is 6.25. The minimum Gasteiger partial charge on any atom is -0.389 e. The Morgan fingerprint density at radius 1 is 1.44 bits per heavy atom. The first-order chi connectivity index (χ1) is 13.0. The van der Waals surface area contributed by atoms with E-state index in [1.807, 2.05) is 24.4 Å². The minimum atomic E-state index is -0.0789. The topological polar surface area (TPSA) is 91.2 Å². The van der Waals surface area contributed by atoms with Crippen LogP contribution in [-0.2, 0) is 11.4 Å². The lowest BCUT2D eigenvalue weighted by Crippen LogP contribution is -2.52. The van der Waals surface area contributed by atoms with E-state index in [0.29, 0.717) is 23.2 Å². The van der Waals surface area contributed by atoms with E-state index in [1.54, 1.807) is 6.20 Å². The number of anilines is 2. The van der Waals surface area contributed by atoms with Crippen molar-refractivity contribution in [2.45, 2.75) is 13.5 Å². The molecule has 1 amide bonds. The van der Waals surface area contributed by atoms with Crippen LogP contribution in [-0.4, -0.2) is 39.1 Å². The van der Waals surface area contributed by atoms with E-state index in [2.05, 4.69) is 41.1 Å². The number of aryl methyl sites for hydroxylation is 1. The third kappa shape index (κ3) is 3.75. The number of hydrogen-bond acceptors (Lipinski definition) is 8. The van der Waals surface area contributed by atoms with Crippen molar-refractivity contribution in [2.75, 3.05) is 23.3 Å². The molecule has 0 spiro atoms. The van der Waals surface area contributed by atoms with Gasteiger partial charge in [-0.25, -0.2) is 15.0 Å². The second-order valence-corrected chi connectivity index (χ2v) is 8.82. The molecule has 0 bridgehead atoms. The Labute approximate surface area is 172 Å². The Balaban J connectivity index is 1.38. The molecule has 0 saturated carbocycles. The van der Waals surface area contributed by atoms with Crippen LogP contribution < -0.4 is 10.2 Å². The lowest BCUT2D eigenvalue weighted by Gasteiger charge is -2.40. The number of aromatic nitrogens is 3. The third-order valence-electron chi connectivity index (χ3n) is 4.28. The Hall–Kier alpha value is -1.88. The molecule has 1 aliphatic rings. The van der Waals surface area contributed by atoms with Crippen molar-refractivity contribution < 1.29 is 9.90 Å². The normalized spacial score (nSPS) is 14.3. The number of rotatable bonds is 5. The SMILES string of the molecule is Cc1nc(CO)sc1-c1csc(NC(=O)C2CN(c3cccnc3Br)C2)n1. The van der Waals surface area contributed by atoms with Crippen LogP contribution in [0.4, 0.5) is 10.8 Å². The highest BCUT2D eigenvalue weighted by molar-refractivity contribution is 9.10. The van der Waals surface area contributed by atoms with Gasteiger partial charge in [-0.05, 0) is 35.0 Å². The van der Waals surface area contributed by atoms with Crippen LogP contribution in [0.5, 0.6) is 0 Å². The molecular formula is C17H16BrN5O2S2. The lowest BCUT2D eigenvalue weighted by molar-refractivity contribution is -0.120. The number of pyridine rings is 1. The molecule has 140 valence electrons. The van der Waals surface area contributed by atoms with Gasteiger partial charge in [-0.3, -0.25) is 4.79 Å². The zero-order valence-electron chi connectivity index (χ0n) is 14.3. The average molecular weight is 466 g/mol. The summed E-state index contributed by atoms with van der Waals surface area (Å²) in [6, 6.07) is 3.87. The van der Waals surface area contributed by atoms with E-state index in [1.165, 1.54) is 22.7 Å². The monoisotopic (exact) mass is 465 g/mol. The number of carbonyl (C=O) groups is 1. The molecule has 0 aliphatic carbocycles. The van der Waals surface area contributed by atoms with E-state index in [9.17, 15) is 9.90 Å². The number of aliphatic hydroxyl groups excluding tert-OH is 1. The summed E-state index contributed by atoms with van der Waals surface area (Å²) in [6.07, 6.45) is 1.73. The van der Waals surface area contributed by atoms with Crippen molar-refractivity contribution in [3.63, 3.8) is 0 Å². The molecule has 1 saturated heterocycles. The number of nitrogens with one attached hydrogen (secondary N) is 1. The number of amides is 1. The zero-order chi connectivity index (χ0) is 19.0. The number of aliphatic hydroxyl groups is 1. The molecule has 0 atom stereocenters. The van der Waals surface area contributed by atoms with Crippen molar-refractivity contribution in [3.05, 3.63) is 39.0 Å². The van der Waals surface area contributed by atoms with Gasteiger partial charge in [0.2, 0.25) is 5.91 Å². The molecular weight excluding hydrogens is 450 g/mol. The summed E-state index contributed by atoms with van der Waals surface area (Å²) in [5.41, 5.74) is 2.61. The fraction of sp³-hybridized carbons (Fsp3) is 0.294. The van der Waals surface area contributed by atoms with E-state index >= 15 is 0 Å². The second-order valence-electron chi connectivity index (χ2n) is 6.12. The molecule has 1 aliphatic heterocycles. The highest BCUT2D eigenvalue weighted by atomic mass is 79.9. The number of hydrogen-bond donors (Lipinski definition) is 2.